The van der Waals surface area contributed by atoms with E-state index in [0.29, 0.717) is 12.3 Å². The fraction of sp³-hybridized carbons (Fsp3) is 0.227. The van der Waals surface area contributed by atoms with Gasteiger partial charge in [-0.3, -0.25) is 4.79 Å². The highest BCUT2D eigenvalue weighted by Gasteiger charge is 2.18. The number of para-hydroxylation sites is 1. The first kappa shape index (κ1) is 19.4. The summed E-state index contributed by atoms with van der Waals surface area (Å²) in [6, 6.07) is 15.6. The van der Waals surface area contributed by atoms with Gasteiger partial charge >= 0.3 is 0 Å². The van der Waals surface area contributed by atoms with Gasteiger partial charge in [-0.2, -0.15) is 10.1 Å². The van der Waals surface area contributed by atoms with Gasteiger partial charge in [0, 0.05) is 13.6 Å². The molecule has 0 bridgehead atoms. The molecule has 0 aliphatic carbocycles. The molecule has 31 heavy (non-hydrogen) atoms. The van der Waals surface area contributed by atoms with Crippen LogP contribution in [0.1, 0.15) is 11.3 Å². The predicted octanol–water partition coefficient (Wildman–Crippen LogP) is 3.27. The van der Waals surface area contributed by atoms with E-state index in [-0.39, 0.29) is 19.2 Å². The summed E-state index contributed by atoms with van der Waals surface area (Å²) < 4.78 is 13.6. The monoisotopic (exact) mass is 435 g/mol. The maximum Gasteiger partial charge on any atom is 0.239 e. The SMILES string of the molecule is Cc1nn(-c2ccccc2)c2nc(N(C)CC(=O)NCc3ccc4c(c3)OCO4)sc12. The summed E-state index contributed by atoms with van der Waals surface area (Å²) in [6.07, 6.45) is 0. The average Bonchev–Trinajstić information content (AvgIpc) is 3.49. The van der Waals surface area contributed by atoms with Gasteiger partial charge in [-0.1, -0.05) is 35.6 Å². The molecule has 0 fully saturated rings. The Morgan fingerprint density at radius 1 is 1.19 bits per heavy atom. The summed E-state index contributed by atoms with van der Waals surface area (Å²) in [7, 11) is 1.87. The highest BCUT2D eigenvalue weighted by atomic mass is 32.1. The normalized spacial score (nSPS) is 12.3. The van der Waals surface area contributed by atoms with Crippen LogP contribution in [0.15, 0.2) is 48.5 Å². The second-order valence-electron chi connectivity index (χ2n) is 7.30. The van der Waals surface area contributed by atoms with Gasteiger partial charge in [0.05, 0.1) is 22.6 Å². The molecule has 3 heterocycles. The Balaban J connectivity index is 1.27. The van der Waals surface area contributed by atoms with Crippen molar-refractivity contribution in [3.63, 3.8) is 0 Å². The fourth-order valence-corrected chi connectivity index (χ4v) is 4.37. The zero-order valence-corrected chi connectivity index (χ0v) is 18.0. The number of hydrogen-bond donors (Lipinski definition) is 1. The predicted molar refractivity (Wildman–Crippen MR) is 119 cm³/mol. The van der Waals surface area contributed by atoms with Gasteiger partial charge in [0.25, 0.3) is 0 Å². The maximum atomic E-state index is 12.5. The lowest BCUT2D eigenvalue weighted by atomic mass is 10.2. The Morgan fingerprint density at radius 2 is 2.00 bits per heavy atom. The second kappa shape index (κ2) is 7.92. The van der Waals surface area contributed by atoms with Crippen molar-refractivity contribution in [3.8, 4) is 17.2 Å². The van der Waals surface area contributed by atoms with Crippen LogP contribution >= 0.6 is 11.3 Å². The molecule has 0 saturated carbocycles. The minimum atomic E-state index is -0.0826. The van der Waals surface area contributed by atoms with Crippen LogP contribution in [0.2, 0.25) is 0 Å². The molecule has 0 radical (unpaired) electrons. The average molecular weight is 436 g/mol. The van der Waals surface area contributed by atoms with Gasteiger partial charge in [-0.15, -0.1) is 0 Å². The number of benzene rings is 2. The van der Waals surface area contributed by atoms with E-state index in [0.717, 1.165) is 38.2 Å². The summed E-state index contributed by atoms with van der Waals surface area (Å²) in [5, 5.41) is 8.34. The van der Waals surface area contributed by atoms with Gasteiger partial charge in [-0.05, 0) is 36.8 Å². The lowest BCUT2D eigenvalue weighted by Gasteiger charge is -2.15. The number of likely N-dealkylation sites (N-methyl/N-ethyl adjacent to an activating group) is 1. The van der Waals surface area contributed by atoms with Gasteiger partial charge in [-0.25, -0.2) is 4.68 Å². The number of nitrogens with one attached hydrogen (secondary N) is 1. The number of aromatic nitrogens is 3. The van der Waals surface area contributed by atoms with Crippen LogP contribution < -0.4 is 19.7 Å². The first-order chi connectivity index (χ1) is 15.1. The largest absolute Gasteiger partial charge is 0.454 e. The first-order valence-corrected chi connectivity index (χ1v) is 10.7. The number of ether oxygens (including phenoxy) is 2. The molecular weight excluding hydrogens is 414 g/mol. The minimum Gasteiger partial charge on any atom is -0.454 e. The van der Waals surface area contributed by atoms with Crippen LogP contribution in [-0.4, -0.2) is 41.1 Å². The van der Waals surface area contributed by atoms with Crippen LogP contribution in [-0.2, 0) is 11.3 Å². The van der Waals surface area contributed by atoms with Crippen molar-refractivity contribution >= 4 is 32.7 Å². The molecule has 5 rings (SSSR count). The van der Waals surface area contributed by atoms with E-state index in [1.165, 1.54) is 11.3 Å². The fourth-order valence-electron chi connectivity index (χ4n) is 3.43. The molecule has 8 nitrogen and oxygen atoms in total. The molecule has 0 atom stereocenters. The summed E-state index contributed by atoms with van der Waals surface area (Å²) in [5.41, 5.74) is 3.64. The molecule has 9 heteroatoms. The Bertz CT molecular complexity index is 1250. The van der Waals surface area contributed by atoms with Gasteiger partial charge in [0.2, 0.25) is 12.7 Å². The van der Waals surface area contributed by atoms with Crippen molar-refractivity contribution in [1.82, 2.24) is 20.1 Å². The van der Waals surface area contributed by atoms with Crippen molar-refractivity contribution in [1.29, 1.82) is 0 Å². The van der Waals surface area contributed by atoms with E-state index in [9.17, 15) is 4.79 Å². The molecule has 0 spiro atoms. The standard InChI is InChI=1S/C22H21N5O3S/c1-14-20-21(27(25-14)16-6-4-3-5-7-16)24-22(31-20)26(2)12-19(28)23-11-15-8-9-17-18(10-15)30-13-29-17/h3-10H,11-13H2,1-2H3,(H,23,28). The number of thiazole rings is 1. The van der Waals surface area contributed by atoms with Crippen molar-refractivity contribution in [2.45, 2.75) is 13.5 Å². The number of carbonyl (C=O) groups excluding carboxylic acids is 1. The van der Waals surface area contributed by atoms with Crippen LogP contribution in [0.4, 0.5) is 5.13 Å². The minimum absolute atomic E-state index is 0.0826. The van der Waals surface area contributed by atoms with E-state index >= 15 is 0 Å². The van der Waals surface area contributed by atoms with Gasteiger partial charge < -0.3 is 19.7 Å². The smallest absolute Gasteiger partial charge is 0.239 e. The molecular formula is C22H21N5O3S. The molecule has 1 amide bonds. The van der Waals surface area contributed by atoms with Crippen LogP contribution in [0.25, 0.3) is 16.0 Å². The molecule has 4 aromatic rings. The summed E-state index contributed by atoms with van der Waals surface area (Å²) in [6.45, 7) is 2.84. The summed E-state index contributed by atoms with van der Waals surface area (Å²) in [4.78, 5) is 19.1. The number of hydrogen-bond acceptors (Lipinski definition) is 7. The van der Waals surface area contributed by atoms with E-state index in [4.69, 9.17) is 14.5 Å². The number of carbonyl (C=O) groups is 1. The molecule has 2 aromatic heterocycles. The van der Waals surface area contributed by atoms with Crippen LogP contribution in [0.5, 0.6) is 11.5 Å². The van der Waals surface area contributed by atoms with Crippen molar-refractivity contribution in [2.75, 3.05) is 25.3 Å². The van der Waals surface area contributed by atoms with Gasteiger partial charge in [0.15, 0.2) is 22.3 Å². The number of anilines is 1. The van der Waals surface area contributed by atoms with E-state index in [1.54, 1.807) is 0 Å². The quantitative estimate of drug-likeness (QED) is 0.501. The molecule has 2 aromatic carbocycles. The third kappa shape index (κ3) is 3.79. The Morgan fingerprint density at radius 3 is 2.84 bits per heavy atom. The lowest BCUT2D eigenvalue weighted by molar-refractivity contribution is -0.119. The number of fused-ring (bicyclic) bond motifs is 2. The third-order valence-corrected chi connectivity index (χ3v) is 6.28. The van der Waals surface area contributed by atoms with E-state index in [2.05, 4.69) is 10.4 Å². The van der Waals surface area contributed by atoms with Crippen LogP contribution in [0, 0.1) is 6.92 Å². The Hall–Kier alpha value is -3.59. The number of amides is 1. The molecule has 158 valence electrons. The van der Waals surface area contributed by atoms with Crippen molar-refractivity contribution in [2.24, 2.45) is 0 Å². The van der Waals surface area contributed by atoms with E-state index in [1.807, 2.05) is 72.1 Å². The number of nitrogens with zero attached hydrogens (tertiary/aromatic N) is 4. The molecule has 1 N–H and O–H groups in total. The molecule has 1 aliphatic heterocycles. The topological polar surface area (TPSA) is 81.5 Å². The Labute approximate surface area is 183 Å². The third-order valence-electron chi connectivity index (χ3n) is 5.01. The molecule has 1 aliphatic rings. The highest BCUT2D eigenvalue weighted by Crippen LogP contribution is 2.33. The lowest BCUT2D eigenvalue weighted by Crippen LogP contribution is -2.34. The number of aryl methyl sites for hydroxylation is 1. The zero-order chi connectivity index (χ0) is 21.4. The molecule has 0 saturated heterocycles. The van der Waals surface area contributed by atoms with Gasteiger partial charge in [0.1, 0.15) is 0 Å². The Kier molecular flexibility index (Phi) is 4.95. The van der Waals surface area contributed by atoms with Crippen molar-refractivity contribution in [3.05, 3.63) is 59.8 Å². The molecule has 0 unspecified atom stereocenters. The summed E-state index contributed by atoms with van der Waals surface area (Å²) in [5.74, 6) is 1.36. The van der Waals surface area contributed by atoms with Crippen LogP contribution in [0.3, 0.4) is 0 Å². The first-order valence-electron chi connectivity index (χ1n) is 9.86. The van der Waals surface area contributed by atoms with Crippen molar-refractivity contribution < 1.29 is 14.3 Å². The number of rotatable bonds is 6. The highest BCUT2D eigenvalue weighted by molar-refractivity contribution is 7.22. The maximum absolute atomic E-state index is 12.5. The second-order valence-corrected chi connectivity index (χ2v) is 8.28. The zero-order valence-electron chi connectivity index (χ0n) is 17.2. The van der Waals surface area contributed by atoms with E-state index < -0.39 is 0 Å². The summed E-state index contributed by atoms with van der Waals surface area (Å²) >= 11 is 1.54.